The second-order valence-corrected chi connectivity index (χ2v) is 21.0. The van der Waals surface area contributed by atoms with Gasteiger partial charge in [-0.25, -0.2) is 0 Å². The van der Waals surface area contributed by atoms with E-state index in [4.69, 9.17) is 9.47 Å². The summed E-state index contributed by atoms with van der Waals surface area (Å²) < 4.78 is 9.43. The number of hydrogen-bond donors (Lipinski definition) is 4. The summed E-state index contributed by atoms with van der Waals surface area (Å²) in [7, 11) is 5.63. The van der Waals surface area contributed by atoms with Crippen LogP contribution >= 0.6 is 21.6 Å². The number of hydrogen-bond acceptors (Lipinski definition) is 16. The average Bonchev–Trinajstić information content (AvgIpc) is 4.21. The van der Waals surface area contributed by atoms with Crippen LogP contribution < -0.4 is 21.3 Å². The minimum absolute atomic E-state index is 0.0305. The standard InChI is InChI=1S/C44H64N10O14S2/c1-67-43(65)31-19-37(59)51(25-31)9-5-47-39(61)27-15-33(55)49(21-27)7-3-45-41(63)29-17-35(57)53(23-29)11-13-69-70-14-12-54-24-30(18-36(54)58)42(64)46-4-8-50-22-28(16-34(50)56)40(62)48-6-10-52-26-32(20-38(52)60)44(66)68-2/h27-32H,3-26H2,1-2H3,(H,45,63)(H,46,64)(H,47,61)(H,48,62). The molecule has 10 amide bonds. The number of carbonyl (C=O) groups is 12. The van der Waals surface area contributed by atoms with E-state index in [2.05, 4.69) is 21.3 Å². The molecule has 6 atom stereocenters. The van der Waals surface area contributed by atoms with E-state index in [1.165, 1.54) is 33.8 Å². The van der Waals surface area contributed by atoms with Crippen LogP contribution in [0.15, 0.2) is 0 Å². The predicted molar refractivity (Wildman–Crippen MR) is 249 cm³/mol. The van der Waals surface area contributed by atoms with Gasteiger partial charge in [0, 0.05) is 155 Å². The molecule has 70 heavy (non-hydrogen) atoms. The van der Waals surface area contributed by atoms with Crippen LogP contribution in [0.1, 0.15) is 38.5 Å². The number of likely N-dealkylation sites (tertiary alicyclic amines) is 6. The van der Waals surface area contributed by atoms with Crippen LogP contribution in [0.2, 0.25) is 0 Å². The average molecular weight is 1020 g/mol. The van der Waals surface area contributed by atoms with Crippen molar-refractivity contribution in [1.82, 2.24) is 50.7 Å². The van der Waals surface area contributed by atoms with Crippen LogP contribution in [0.5, 0.6) is 0 Å². The minimum Gasteiger partial charge on any atom is -0.469 e. The second kappa shape index (κ2) is 25.5. The van der Waals surface area contributed by atoms with E-state index in [9.17, 15) is 57.5 Å². The summed E-state index contributed by atoms with van der Waals surface area (Å²) in [5.41, 5.74) is 0. The molecule has 6 rings (SSSR count). The van der Waals surface area contributed by atoms with Crippen molar-refractivity contribution in [1.29, 1.82) is 0 Å². The van der Waals surface area contributed by atoms with Crippen LogP contribution in [-0.2, 0) is 67.0 Å². The van der Waals surface area contributed by atoms with Gasteiger partial charge in [-0.15, -0.1) is 0 Å². The van der Waals surface area contributed by atoms with Gasteiger partial charge in [0.05, 0.1) is 49.7 Å². The fourth-order valence-electron chi connectivity index (χ4n) is 9.53. The third-order valence-corrected chi connectivity index (χ3v) is 15.9. The Morgan fingerprint density at radius 2 is 0.600 bits per heavy atom. The second-order valence-electron chi connectivity index (χ2n) is 18.3. The van der Waals surface area contributed by atoms with Gasteiger partial charge in [-0.1, -0.05) is 21.6 Å². The van der Waals surface area contributed by atoms with Crippen LogP contribution in [0, 0.1) is 35.5 Å². The third kappa shape index (κ3) is 14.5. The summed E-state index contributed by atoms with van der Waals surface area (Å²) in [5, 5.41) is 11.2. The Hall–Kier alpha value is -5.66. The van der Waals surface area contributed by atoms with E-state index in [1.54, 1.807) is 31.4 Å². The molecule has 6 saturated heterocycles. The van der Waals surface area contributed by atoms with Gasteiger partial charge in [0.1, 0.15) is 0 Å². The number of nitrogens with zero attached hydrogens (tertiary/aromatic N) is 6. The lowest BCUT2D eigenvalue weighted by Crippen LogP contribution is -2.40. The van der Waals surface area contributed by atoms with Gasteiger partial charge in [-0.05, 0) is 0 Å². The van der Waals surface area contributed by atoms with E-state index < -0.39 is 47.4 Å². The van der Waals surface area contributed by atoms with Gasteiger partial charge >= 0.3 is 11.9 Å². The smallest absolute Gasteiger partial charge is 0.310 e. The maximum atomic E-state index is 12.9. The molecule has 0 spiro atoms. The number of nitrogens with one attached hydrogen (secondary N) is 4. The number of carbonyl (C=O) groups excluding carboxylic acids is 12. The Morgan fingerprint density at radius 1 is 0.386 bits per heavy atom. The molecule has 24 nitrogen and oxygen atoms in total. The molecule has 0 radical (unpaired) electrons. The highest BCUT2D eigenvalue weighted by Crippen LogP contribution is 2.26. The summed E-state index contributed by atoms with van der Waals surface area (Å²) in [6.07, 6.45) is 0.363. The van der Waals surface area contributed by atoms with Gasteiger partial charge in [-0.2, -0.15) is 0 Å². The molecule has 6 aliphatic rings. The first-order valence-corrected chi connectivity index (χ1v) is 26.2. The van der Waals surface area contributed by atoms with E-state index in [0.29, 0.717) is 24.6 Å². The molecular weight excluding hydrogens is 957 g/mol. The number of rotatable bonds is 25. The maximum Gasteiger partial charge on any atom is 0.310 e. The van der Waals surface area contributed by atoms with Crippen LogP contribution in [0.25, 0.3) is 0 Å². The molecule has 6 aliphatic heterocycles. The third-order valence-electron chi connectivity index (χ3n) is 13.5. The Morgan fingerprint density at radius 3 is 0.843 bits per heavy atom. The molecule has 0 aromatic rings. The molecule has 6 unspecified atom stereocenters. The SMILES string of the molecule is COC(=O)C1CC(=O)N(CCNC(=O)C2CC(=O)N(CCNC(=O)C3CC(=O)N(CCSSCCN4CC(C(=O)NCCN5CC(C(=O)NCCN6CC(C(=O)OC)CC6=O)CC5=O)CC4=O)C3)C2)C1. The van der Waals surface area contributed by atoms with E-state index >= 15 is 0 Å². The maximum absolute atomic E-state index is 12.9. The monoisotopic (exact) mass is 1020 g/mol. The first-order valence-electron chi connectivity index (χ1n) is 23.7. The van der Waals surface area contributed by atoms with Crippen molar-refractivity contribution >= 4 is 92.6 Å². The lowest BCUT2D eigenvalue weighted by atomic mass is 10.1. The quantitative estimate of drug-likeness (QED) is 0.0389. The summed E-state index contributed by atoms with van der Waals surface area (Å²) in [6, 6.07) is 0. The van der Waals surface area contributed by atoms with Crippen molar-refractivity contribution in [3.8, 4) is 0 Å². The highest BCUT2D eigenvalue weighted by Gasteiger charge is 2.40. The molecule has 0 saturated carbocycles. The molecule has 4 N–H and O–H groups in total. The van der Waals surface area contributed by atoms with E-state index in [1.807, 2.05) is 0 Å². The first kappa shape index (κ1) is 53.7. The summed E-state index contributed by atoms with van der Waals surface area (Å²) in [5.74, 6) is -5.14. The number of amides is 10. The van der Waals surface area contributed by atoms with Crippen molar-refractivity contribution in [2.45, 2.75) is 38.5 Å². The lowest BCUT2D eigenvalue weighted by molar-refractivity contribution is -0.145. The van der Waals surface area contributed by atoms with Crippen molar-refractivity contribution in [3.05, 3.63) is 0 Å². The summed E-state index contributed by atoms with van der Waals surface area (Å²) in [6.45, 7) is 3.90. The molecule has 0 bridgehead atoms. The van der Waals surface area contributed by atoms with Gasteiger partial charge in [-0.3, -0.25) is 57.5 Å². The van der Waals surface area contributed by atoms with Gasteiger partial charge < -0.3 is 60.1 Å². The number of ether oxygens (including phenoxy) is 2. The van der Waals surface area contributed by atoms with Gasteiger partial charge in [0.2, 0.25) is 59.1 Å². The number of methoxy groups -OCH3 is 2. The molecule has 0 aliphatic carbocycles. The zero-order chi connectivity index (χ0) is 50.5. The zero-order valence-corrected chi connectivity index (χ0v) is 41.3. The molecule has 0 aromatic carbocycles. The Kier molecular flexibility index (Phi) is 19.5. The van der Waals surface area contributed by atoms with Crippen molar-refractivity contribution < 1.29 is 67.0 Å². The molecule has 0 aromatic heterocycles. The van der Waals surface area contributed by atoms with Crippen molar-refractivity contribution in [2.75, 3.05) is 130 Å². The minimum atomic E-state index is -0.569. The summed E-state index contributed by atoms with van der Waals surface area (Å²) in [4.78, 5) is 159. The largest absolute Gasteiger partial charge is 0.469 e. The highest BCUT2D eigenvalue weighted by atomic mass is 33.1. The lowest BCUT2D eigenvalue weighted by Gasteiger charge is -2.19. The molecule has 6 fully saturated rings. The number of esters is 2. The van der Waals surface area contributed by atoms with E-state index in [0.717, 1.165) is 0 Å². The molecule has 386 valence electrons. The zero-order valence-electron chi connectivity index (χ0n) is 39.6. The normalized spacial score (nSPS) is 24.6. The van der Waals surface area contributed by atoms with Crippen LogP contribution in [-0.4, -0.2) is 231 Å². The molecule has 6 heterocycles. The van der Waals surface area contributed by atoms with Crippen molar-refractivity contribution in [3.63, 3.8) is 0 Å². The van der Waals surface area contributed by atoms with Gasteiger partial charge in [0.15, 0.2) is 0 Å². The Balaban J connectivity index is 0.767. The predicted octanol–water partition coefficient (Wildman–Crippen LogP) is -3.73. The first-order chi connectivity index (χ1) is 33.5. The molecular formula is C44H64N10O14S2. The molecule has 26 heteroatoms. The van der Waals surface area contributed by atoms with Crippen LogP contribution in [0.4, 0.5) is 0 Å². The van der Waals surface area contributed by atoms with Crippen molar-refractivity contribution in [2.24, 2.45) is 35.5 Å². The van der Waals surface area contributed by atoms with Gasteiger partial charge in [0.25, 0.3) is 0 Å². The summed E-state index contributed by atoms with van der Waals surface area (Å²) >= 11 is 0. The topological polar surface area (TPSA) is 291 Å². The fourth-order valence-corrected chi connectivity index (χ4v) is 11.5. The van der Waals surface area contributed by atoms with Crippen LogP contribution in [0.3, 0.4) is 0 Å². The van der Waals surface area contributed by atoms with E-state index in [-0.39, 0.29) is 189 Å². The fraction of sp³-hybridized carbons (Fsp3) is 0.727. The highest BCUT2D eigenvalue weighted by molar-refractivity contribution is 8.76. The Bertz CT molecular complexity index is 1910. The Labute approximate surface area is 413 Å².